The predicted octanol–water partition coefficient (Wildman–Crippen LogP) is 0.781. The highest BCUT2D eigenvalue weighted by atomic mass is 16.5. The van der Waals surface area contributed by atoms with Crippen molar-refractivity contribution in [2.75, 3.05) is 52.9 Å². The number of hydrogen-bond acceptors (Lipinski definition) is 4. The van der Waals surface area contributed by atoms with Crippen molar-refractivity contribution in [3.8, 4) is 0 Å². The Labute approximate surface area is 112 Å². The molecule has 2 aliphatic heterocycles. The number of piperidine rings is 1. The molecule has 0 saturated carbocycles. The number of hydrogen-bond donors (Lipinski definition) is 1. The van der Waals surface area contributed by atoms with Gasteiger partial charge in [0.2, 0.25) is 0 Å². The molecule has 2 heterocycles. The molecule has 0 amide bonds. The Hall–Kier alpha value is -0.160. The molecule has 2 rings (SSSR count). The number of likely N-dealkylation sites (N-methyl/N-ethyl adjacent to an activating group) is 2. The highest BCUT2D eigenvalue weighted by Gasteiger charge is 2.26. The second-order valence-electron chi connectivity index (χ2n) is 5.71. The maximum absolute atomic E-state index is 5.90. The molecule has 0 aromatic heterocycles. The van der Waals surface area contributed by atoms with Crippen LogP contribution in [0.15, 0.2) is 0 Å². The predicted molar refractivity (Wildman–Crippen MR) is 75.0 cm³/mol. The zero-order valence-corrected chi connectivity index (χ0v) is 12.0. The summed E-state index contributed by atoms with van der Waals surface area (Å²) in [6.07, 6.45) is 4.49. The van der Waals surface area contributed by atoms with E-state index in [2.05, 4.69) is 29.1 Å². The van der Waals surface area contributed by atoms with Crippen molar-refractivity contribution in [2.45, 2.75) is 38.3 Å². The third-order valence-electron chi connectivity index (χ3n) is 4.16. The van der Waals surface area contributed by atoms with Crippen molar-refractivity contribution < 1.29 is 4.74 Å². The largest absolute Gasteiger partial charge is 0.374 e. The second-order valence-corrected chi connectivity index (χ2v) is 5.71. The average molecular weight is 255 g/mol. The van der Waals surface area contributed by atoms with E-state index < -0.39 is 0 Å². The summed E-state index contributed by atoms with van der Waals surface area (Å²) in [5.74, 6) is 0. The van der Waals surface area contributed by atoms with E-state index in [1.54, 1.807) is 0 Å². The van der Waals surface area contributed by atoms with Gasteiger partial charge in [-0.3, -0.25) is 4.90 Å². The third-order valence-corrected chi connectivity index (χ3v) is 4.16. The number of ether oxygens (including phenoxy) is 1. The van der Waals surface area contributed by atoms with Gasteiger partial charge in [0.25, 0.3) is 0 Å². The number of nitrogens with zero attached hydrogens (tertiary/aromatic N) is 2. The molecule has 2 fully saturated rings. The Morgan fingerprint density at radius 1 is 1.28 bits per heavy atom. The van der Waals surface area contributed by atoms with Crippen LogP contribution in [0, 0.1) is 0 Å². The van der Waals surface area contributed by atoms with Gasteiger partial charge in [-0.1, -0.05) is 13.3 Å². The minimum Gasteiger partial charge on any atom is -0.374 e. The summed E-state index contributed by atoms with van der Waals surface area (Å²) in [5, 5.41) is 3.50. The summed E-state index contributed by atoms with van der Waals surface area (Å²) in [6.45, 7) is 9.83. The van der Waals surface area contributed by atoms with Gasteiger partial charge in [-0.15, -0.1) is 0 Å². The highest BCUT2D eigenvalue weighted by molar-refractivity contribution is 4.82. The Balaban J connectivity index is 1.80. The molecule has 0 aromatic carbocycles. The molecule has 2 atom stereocenters. The van der Waals surface area contributed by atoms with Crippen LogP contribution in [0.2, 0.25) is 0 Å². The Bertz CT molecular complexity index is 237. The maximum Gasteiger partial charge on any atom is 0.0829 e. The molecular formula is C14H29N3O. The lowest BCUT2D eigenvalue weighted by molar-refractivity contribution is -0.0450. The lowest BCUT2D eigenvalue weighted by Gasteiger charge is -2.40. The van der Waals surface area contributed by atoms with Crippen LogP contribution < -0.4 is 5.32 Å². The van der Waals surface area contributed by atoms with Crippen LogP contribution >= 0.6 is 0 Å². The first kappa shape index (κ1) is 14.3. The SMILES string of the molecule is CCNCC1CCCCN1CC1CN(C)CCO1. The molecule has 18 heavy (non-hydrogen) atoms. The van der Waals surface area contributed by atoms with Crippen molar-refractivity contribution in [1.29, 1.82) is 0 Å². The highest BCUT2D eigenvalue weighted by Crippen LogP contribution is 2.18. The monoisotopic (exact) mass is 255 g/mol. The van der Waals surface area contributed by atoms with E-state index in [-0.39, 0.29) is 0 Å². The van der Waals surface area contributed by atoms with E-state index in [1.165, 1.54) is 25.8 Å². The lowest BCUT2D eigenvalue weighted by atomic mass is 10.0. The van der Waals surface area contributed by atoms with Crippen molar-refractivity contribution in [3.63, 3.8) is 0 Å². The van der Waals surface area contributed by atoms with Gasteiger partial charge in [-0.05, 0) is 33.0 Å². The molecule has 0 aliphatic carbocycles. The second kappa shape index (κ2) is 7.43. The molecule has 2 saturated heterocycles. The minimum atomic E-state index is 0.408. The van der Waals surface area contributed by atoms with Crippen LogP contribution in [0.25, 0.3) is 0 Å². The standard InChI is InChI=1S/C14H29N3O/c1-3-15-10-13-6-4-5-7-17(13)12-14-11-16(2)8-9-18-14/h13-15H,3-12H2,1-2H3. The summed E-state index contributed by atoms with van der Waals surface area (Å²) in [7, 11) is 2.20. The van der Waals surface area contributed by atoms with Crippen LogP contribution in [0.1, 0.15) is 26.2 Å². The Morgan fingerprint density at radius 2 is 2.17 bits per heavy atom. The van der Waals surface area contributed by atoms with Crippen molar-refractivity contribution in [3.05, 3.63) is 0 Å². The molecule has 2 unspecified atom stereocenters. The molecular weight excluding hydrogens is 226 g/mol. The molecule has 106 valence electrons. The first-order valence-electron chi connectivity index (χ1n) is 7.54. The summed E-state index contributed by atoms with van der Waals surface area (Å²) in [4.78, 5) is 5.04. The summed E-state index contributed by atoms with van der Waals surface area (Å²) in [5.41, 5.74) is 0. The van der Waals surface area contributed by atoms with Crippen LogP contribution in [0.4, 0.5) is 0 Å². The average Bonchev–Trinajstić information content (AvgIpc) is 2.38. The van der Waals surface area contributed by atoms with Crippen LogP contribution in [-0.4, -0.2) is 74.9 Å². The zero-order valence-electron chi connectivity index (χ0n) is 12.0. The molecule has 1 N–H and O–H groups in total. The molecule has 0 aromatic rings. The molecule has 4 nitrogen and oxygen atoms in total. The van der Waals surface area contributed by atoms with Gasteiger partial charge < -0.3 is 15.0 Å². The lowest BCUT2D eigenvalue weighted by Crippen LogP contribution is -2.52. The van der Waals surface area contributed by atoms with E-state index in [4.69, 9.17) is 4.74 Å². The van der Waals surface area contributed by atoms with Crippen LogP contribution in [-0.2, 0) is 4.74 Å². The Kier molecular flexibility index (Phi) is 5.89. The van der Waals surface area contributed by atoms with Crippen molar-refractivity contribution >= 4 is 0 Å². The van der Waals surface area contributed by atoms with Crippen molar-refractivity contribution in [2.24, 2.45) is 0 Å². The van der Waals surface area contributed by atoms with E-state index in [0.717, 1.165) is 45.4 Å². The van der Waals surface area contributed by atoms with Gasteiger partial charge in [0.05, 0.1) is 12.7 Å². The number of nitrogens with one attached hydrogen (secondary N) is 1. The molecule has 0 spiro atoms. The van der Waals surface area contributed by atoms with Gasteiger partial charge in [0, 0.05) is 32.2 Å². The van der Waals surface area contributed by atoms with Crippen LogP contribution in [0.5, 0.6) is 0 Å². The van der Waals surface area contributed by atoms with E-state index in [1.807, 2.05) is 0 Å². The molecule has 2 aliphatic rings. The van der Waals surface area contributed by atoms with Crippen LogP contribution in [0.3, 0.4) is 0 Å². The molecule has 0 radical (unpaired) electrons. The van der Waals surface area contributed by atoms with Crippen molar-refractivity contribution in [1.82, 2.24) is 15.1 Å². The quantitative estimate of drug-likeness (QED) is 0.786. The Morgan fingerprint density at radius 3 is 2.94 bits per heavy atom. The number of likely N-dealkylation sites (tertiary alicyclic amines) is 1. The van der Waals surface area contributed by atoms with Gasteiger partial charge in [0.1, 0.15) is 0 Å². The summed E-state index contributed by atoms with van der Waals surface area (Å²) < 4.78 is 5.90. The van der Waals surface area contributed by atoms with Gasteiger partial charge in [-0.2, -0.15) is 0 Å². The topological polar surface area (TPSA) is 27.7 Å². The first-order chi connectivity index (χ1) is 8.79. The fourth-order valence-corrected chi connectivity index (χ4v) is 3.08. The first-order valence-corrected chi connectivity index (χ1v) is 7.54. The number of rotatable bonds is 5. The molecule has 0 bridgehead atoms. The normalized spacial score (nSPS) is 31.7. The minimum absolute atomic E-state index is 0.408. The van der Waals surface area contributed by atoms with E-state index in [9.17, 15) is 0 Å². The summed E-state index contributed by atoms with van der Waals surface area (Å²) in [6, 6.07) is 0.717. The fourth-order valence-electron chi connectivity index (χ4n) is 3.08. The number of morpholine rings is 1. The van der Waals surface area contributed by atoms with Gasteiger partial charge in [0.15, 0.2) is 0 Å². The molecule has 4 heteroatoms. The van der Waals surface area contributed by atoms with E-state index >= 15 is 0 Å². The summed E-state index contributed by atoms with van der Waals surface area (Å²) >= 11 is 0. The van der Waals surface area contributed by atoms with Gasteiger partial charge >= 0.3 is 0 Å². The smallest absolute Gasteiger partial charge is 0.0829 e. The van der Waals surface area contributed by atoms with Gasteiger partial charge in [-0.25, -0.2) is 0 Å². The maximum atomic E-state index is 5.90. The third kappa shape index (κ3) is 4.19. The fraction of sp³-hybridized carbons (Fsp3) is 1.00. The van der Waals surface area contributed by atoms with E-state index in [0.29, 0.717) is 6.10 Å². The zero-order chi connectivity index (χ0) is 12.8.